The van der Waals surface area contributed by atoms with Crippen molar-refractivity contribution in [2.24, 2.45) is 0 Å². The molecule has 0 unspecified atom stereocenters. The van der Waals surface area contributed by atoms with E-state index in [2.05, 4.69) is 16.6 Å². The molecule has 86 valence electrons. The zero-order valence-electron chi connectivity index (χ0n) is 9.56. The van der Waals surface area contributed by atoms with E-state index in [1.165, 1.54) is 19.3 Å². The van der Waals surface area contributed by atoms with Gasteiger partial charge in [0.2, 0.25) is 0 Å². The molecule has 0 amide bonds. The summed E-state index contributed by atoms with van der Waals surface area (Å²) >= 11 is 0. The largest absolute Gasteiger partial charge is 0.391 e. The summed E-state index contributed by atoms with van der Waals surface area (Å²) in [6.45, 7) is 3.12. The molecular formula is C12H17N3O. The van der Waals surface area contributed by atoms with Crippen LogP contribution in [0.15, 0.2) is 12.4 Å². The molecule has 1 fully saturated rings. The number of aromatic nitrogens is 3. The maximum atomic E-state index is 9.55. The number of rotatable bonds is 3. The second kappa shape index (κ2) is 3.63. The Morgan fingerprint density at radius 2 is 2.25 bits per heavy atom. The van der Waals surface area contributed by atoms with Crippen LogP contribution in [0.4, 0.5) is 0 Å². The van der Waals surface area contributed by atoms with Crippen LogP contribution in [0, 0.1) is 0 Å². The van der Waals surface area contributed by atoms with Crippen molar-refractivity contribution in [1.29, 1.82) is 0 Å². The molecule has 0 saturated heterocycles. The molecule has 2 aromatic heterocycles. The molecule has 0 aliphatic heterocycles. The summed E-state index contributed by atoms with van der Waals surface area (Å²) in [6.07, 6.45) is 7.73. The lowest BCUT2D eigenvalue weighted by atomic mass is 9.81. The second-order valence-electron chi connectivity index (χ2n) is 4.50. The Balaban J connectivity index is 2.17. The van der Waals surface area contributed by atoms with Crippen LogP contribution in [0.3, 0.4) is 0 Å². The maximum absolute atomic E-state index is 9.55. The molecule has 3 rings (SSSR count). The maximum Gasteiger partial charge on any atom is 0.141 e. The van der Waals surface area contributed by atoms with E-state index in [0.717, 1.165) is 23.4 Å². The van der Waals surface area contributed by atoms with Gasteiger partial charge in [0.1, 0.15) is 5.65 Å². The minimum absolute atomic E-state index is 0.0966. The third kappa shape index (κ3) is 1.23. The number of aliphatic hydroxyl groups excluding tert-OH is 1. The van der Waals surface area contributed by atoms with Crippen molar-refractivity contribution in [2.45, 2.75) is 45.3 Å². The van der Waals surface area contributed by atoms with Gasteiger partial charge in [-0.3, -0.25) is 0 Å². The van der Waals surface area contributed by atoms with E-state index >= 15 is 0 Å². The van der Waals surface area contributed by atoms with Crippen LogP contribution < -0.4 is 0 Å². The van der Waals surface area contributed by atoms with Gasteiger partial charge in [-0.05, 0) is 19.8 Å². The van der Waals surface area contributed by atoms with Crippen molar-refractivity contribution in [3.8, 4) is 0 Å². The highest BCUT2D eigenvalue weighted by Gasteiger charge is 2.27. The van der Waals surface area contributed by atoms with Crippen molar-refractivity contribution >= 4 is 5.65 Å². The van der Waals surface area contributed by atoms with Gasteiger partial charge < -0.3 is 9.67 Å². The monoisotopic (exact) mass is 219 g/mol. The number of aliphatic hydroxyl groups is 1. The van der Waals surface area contributed by atoms with E-state index in [1.54, 1.807) is 0 Å². The van der Waals surface area contributed by atoms with Crippen molar-refractivity contribution in [3.63, 3.8) is 0 Å². The first-order valence-corrected chi connectivity index (χ1v) is 6.02. The van der Waals surface area contributed by atoms with Crippen LogP contribution in [0.2, 0.25) is 0 Å². The molecule has 16 heavy (non-hydrogen) atoms. The summed E-state index contributed by atoms with van der Waals surface area (Å²) in [4.78, 5) is 0. The molecule has 1 N–H and O–H groups in total. The summed E-state index contributed by atoms with van der Waals surface area (Å²) in [5.74, 6) is 0.576. The summed E-state index contributed by atoms with van der Waals surface area (Å²) in [5, 5.41) is 14.2. The van der Waals surface area contributed by atoms with Crippen LogP contribution in [0.5, 0.6) is 0 Å². The predicted molar refractivity (Wildman–Crippen MR) is 61.4 cm³/mol. The summed E-state index contributed by atoms with van der Waals surface area (Å²) in [6, 6.07) is 0. The molecule has 4 nitrogen and oxygen atoms in total. The third-order valence-corrected chi connectivity index (χ3v) is 3.66. The highest BCUT2D eigenvalue weighted by atomic mass is 16.3. The van der Waals surface area contributed by atoms with Gasteiger partial charge in [0.05, 0.1) is 12.3 Å². The smallest absolute Gasteiger partial charge is 0.141 e. The van der Waals surface area contributed by atoms with Gasteiger partial charge in [-0.2, -0.15) is 5.10 Å². The standard InChI is InChI=1S/C12H17N3O/c1-2-14-6-7-15-12(14)10(8-16)11(13-15)9-4-3-5-9/h6-7,9,16H,2-5,8H2,1H3. The Kier molecular flexibility index (Phi) is 2.24. The van der Waals surface area contributed by atoms with E-state index in [0.29, 0.717) is 5.92 Å². The molecule has 0 bridgehead atoms. The third-order valence-electron chi connectivity index (χ3n) is 3.66. The van der Waals surface area contributed by atoms with Gasteiger partial charge in [-0.1, -0.05) is 6.42 Å². The average Bonchev–Trinajstić information content (AvgIpc) is 2.73. The SMILES string of the molecule is CCn1ccn2nc(C3CCC3)c(CO)c12. The number of fused-ring (bicyclic) bond motifs is 1. The first-order valence-electron chi connectivity index (χ1n) is 6.02. The van der Waals surface area contributed by atoms with Crippen LogP contribution >= 0.6 is 0 Å². The minimum Gasteiger partial charge on any atom is -0.391 e. The first kappa shape index (κ1) is 9.90. The van der Waals surface area contributed by atoms with Crippen LogP contribution in [0.25, 0.3) is 5.65 Å². The highest BCUT2D eigenvalue weighted by molar-refractivity contribution is 5.52. The van der Waals surface area contributed by atoms with Gasteiger partial charge in [0, 0.05) is 30.4 Å². The lowest BCUT2D eigenvalue weighted by Gasteiger charge is -2.24. The normalized spacial score (nSPS) is 16.9. The van der Waals surface area contributed by atoms with Gasteiger partial charge in [0.25, 0.3) is 0 Å². The fraction of sp³-hybridized carbons (Fsp3) is 0.583. The Hall–Kier alpha value is -1.29. The van der Waals surface area contributed by atoms with Crippen molar-refractivity contribution < 1.29 is 5.11 Å². The second-order valence-corrected chi connectivity index (χ2v) is 4.50. The fourth-order valence-corrected chi connectivity index (χ4v) is 2.52. The number of aryl methyl sites for hydroxylation is 1. The van der Waals surface area contributed by atoms with Crippen LogP contribution in [-0.4, -0.2) is 19.3 Å². The van der Waals surface area contributed by atoms with Crippen molar-refractivity contribution in [2.75, 3.05) is 0 Å². The topological polar surface area (TPSA) is 42.5 Å². The fourth-order valence-electron chi connectivity index (χ4n) is 2.52. The molecule has 0 aromatic carbocycles. The molecule has 1 aliphatic carbocycles. The molecule has 4 heteroatoms. The zero-order chi connectivity index (χ0) is 11.1. The summed E-state index contributed by atoms with van der Waals surface area (Å²) in [5.41, 5.74) is 3.20. The minimum atomic E-state index is 0.0966. The molecule has 0 radical (unpaired) electrons. The molecule has 0 atom stereocenters. The molecule has 1 saturated carbocycles. The van der Waals surface area contributed by atoms with Crippen molar-refractivity contribution in [3.05, 3.63) is 23.7 Å². The number of nitrogens with zero attached hydrogens (tertiary/aromatic N) is 3. The van der Waals surface area contributed by atoms with E-state index in [1.807, 2.05) is 16.9 Å². The summed E-state index contributed by atoms with van der Waals surface area (Å²) in [7, 11) is 0. The molecule has 1 aliphatic rings. The quantitative estimate of drug-likeness (QED) is 0.857. The average molecular weight is 219 g/mol. The number of imidazole rings is 1. The first-order chi connectivity index (χ1) is 7.85. The molecule has 0 spiro atoms. The Labute approximate surface area is 94.5 Å². The molecule has 2 aromatic rings. The van der Waals surface area contributed by atoms with Gasteiger partial charge >= 0.3 is 0 Å². The Morgan fingerprint density at radius 3 is 2.81 bits per heavy atom. The Morgan fingerprint density at radius 1 is 1.44 bits per heavy atom. The molecular weight excluding hydrogens is 202 g/mol. The zero-order valence-corrected chi connectivity index (χ0v) is 9.56. The Bertz CT molecular complexity index is 508. The van der Waals surface area contributed by atoms with E-state index < -0.39 is 0 Å². The van der Waals surface area contributed by atoms with E-state index in [9.17, 15) is 5.11 Å². The molecule has 2 heterocycles. The van der Waals surface area contributed by atoms with E-state index in [-0.39, 0.29) is 6.61 Å². The lowest BCUT2D eigenvalue weighted by Crippen LogP contribution is -2.11. The van der Waals surface area contributed by atoms with E-state index in [4.69, 9.17) is 0 Å². The number of hydrogen-bond acceptors (Lipinski definition) is 2. The van der Waals surface area contributed by atoms with Crippen LogP contribution in [-0.2, 0) is 13.2 Å². The van der Waals surface area contributed by atoms with Gasteiger partial charge in [-0.25, -0.2) is 4.52 Å². The summed E-state index contributed by atoms with van der Waals surface area (Å²) < 4.78 is 4.05. The van der Waals surface area contributed by atoms with Crippen molar-refractivity contribution in [1.82, 2.24) is 14.2 Å². The lowest BCUT2D eigenvalue weighted by molar-refractivity contribution is 0.278. The van der Waals surface area contributed by atoms with Gasteiger partial charge in [0.15, 0.2) is 0 Å². The van der Waals surface area contributed by atoms with Gasteiger partial charge in [-0.15, -0.1) is 0 Å². The predicted octanol–water partition coefficient (Wildman–Crippen LogP) is 1.92. The highest BCUT2D eigenvalue weighted by Crippen LogP contribution is 2.38. The van der Waals surface area contributed by atoms with Crippen LogP contribution in [0.1, 0.15) is 43.4 Å². The number of hydrogen-bond donors (Lipinski definition) is 1.